The number of rotatable bonds is 63. The highest BCUT2D eigenvalue weighted by molar-refractivity contribution is 5.71. The van der Waals surface area contributed by atoms with E-state index in [1.807, 2.05) is 0 Å². The van der Waals surface area contributed by atoms with Crippen LogP contribution in [0.1, 0.15) is 367 Å². The lowest BCUT2D eigenvalue weighted by atomic mass is 10.0. The van der Waals surface area contributed by atoms with E-state index in [1.54, 1.807) is 0 Å². The summed E-state index contributed by atoms with van der Waals surface area (Å²) in [5.41, 5.74) is 0. The molecule has 0 N–H and O–H groups in total. The Morgan fingerprint density at radius 1 is 0.273 bits per heavy atom. The molecule has 0 aliphatic heterocycles. The zero-order valence-corrected chi connectivity index (χ0v) is 51.7. The molecule has 0 radical (unpaired) electrons. The van der Waals surface area contributed by atoms with Crippen molar-refractivity contribution >= 4 is 17.9 Å². The Morgan fingerprint density at radius 2 is 0.506 bits per heavy atom. The van der Waals surface area contributed by atoms with Crippen molar-refractivity contribution in [3.8, 4) is 0 Å². The topological polar surface area (TPSA) is 78.9 Å². The van der Waals surface area contributed by atoms with Crippen molar-refractivity contribution in [2.45, 2.75) is 374 Å². The average Bonchev–Trinajstić information content (AvgIpc) is 3.43. The van der Waals surface area contributed by atoms with E-state index in [9.17, 15) is 14.4 Å². The van der Waals surface area contributed by atoms with Crippen LogP contribution in [0.25, 0.3) is 0 Å². The standard InChI is InChI=1S/C71H130O6/c1-4-7-10-13-16-19-22-25-27-28-29-30-31-32-33-34-35-36-37-38-39-40-41-42-44-46-49-52-55-58-61-64-70(73)76-67-68(66-75-69(72)63-60-57-54-51-48-45-24-21-18-15-12-9-6-3)77-71(74)65-62-59-56-53-50-47-43-26-23-20-17-14-11-8-5-2/h9,12,18,21,28-29,45,48,68H,4-8,10-11,13-17,19-20,22-27,30-44,46-47,49-67H2,1-3H3/b12-9-,21-18-,29-28-,48-45-. The van der Waals surface area contributed by atoms with Gasteiger partial charge in [0, 0.05) is 19.3 Å². The molecule has 0 rings (SSSR count). The smallest absolute Gasteiger partial charge is 0.306 e. The number of unbranched alkanes of at least 4 members (excludes halogenated alkanes) is 44. The molecule has 0 aromatic heterocycles. The van der Waals surface area contributed by atoms with Gasteiger partial charge in [-0.15, -0.1) is 0 Å². The lowest BCUT2D eigenvalue weighted by Crippen LogP contribution is -2.30. The molecule has 0 saturated carbocycles. The number of carbonyl (C=O) groups excluding carboxylic acids is 3. The van der Waals surface area contributed by atoms with Crippen molar-refractivity contribution in [2.75, 3.05) is 13.2 Å². The van der Waals surface area contributed by atoms with Gasteiger partial charge in [-0.2, -0.15) is 0 Å². The Bertz CT molecular complexity index is 1330. The van der Waals surface area contributed by atoms with Gasteiger partial charge in [0.2, 0.25) is 0 Å². The number of carbonyl (C=O) groups is 3. The van der Waals surface area contributed by atoms with Gasteiger partial charge in [0.1, 0.15) is 13.2 Å². The second-order valence-corrected chi connectivity index (χ2v) is 23.1. The van der Waals surface area contributed by atoms with Crippen LogP contribution in [0.2, 0.25) is 0 Å². The summed E-state index contributed by atoms with van der Waals surface area (Å²) in [5, 5.41) is 0. The highest BCUT2D eigenvalue weighted by atomic mass is 16.6. The van der Waals surface area contributed by atoms with Crippen LogP contribution in [0, 0.1) is 0 Å². The van der Waals surface area contributed by atoms with Crippen LogP contribution in [0.5, 0.6) is 0 Å². The molecular formula is C71H130O6. The lowest BCUT2D eigenvalue weighted by Gasteiger charge is -2.18. The average molecular weight is 1080 g/mol. The zero-order chi connectivity index (χ0) is 55.7. The third-order valence-corrected chi connectivity index (χ3v) is 15.3. The maximum absolute atomic E-state index is 12.9. The molecule has 0 saturated heterocycles. The molecule has 1 unspecified atom stereocenters. The van der Waals surface area contributed by atoms with E-state index in [2.05, 4.69) is 69.4 Å². The van der Waals surface area contributed by atoms with Gasteiger partial charge in [-0.1, -0.05) is 320 Å². The van der Waals surface area contributed by atoms with Crippen molar-refractivity contribution in [3.63, 3.8) is 0 Å². The third-order valence-electron chi connectivity index (χ3n) is 15.3. The van der Waals surface area contributed by atoms with Crippen LogP contribution in [-0.4, -0.2) is 37.2 Å². The summed E-state index contributed by atoms with van der Waals surface area (Å²) < 4.78 is 16.9. The number of hydrogen-bond acceptors (Lipinski definition) is 6. The maximum atomic E-state index is 12.9. The van der Waals surface area contributed by atoms with Gasteiger partial charge in [-0.25, -0.2) is 0 Å². The molecule has 6 heteroatoms. The largest absolute Gasteiger partial charge is 0.462 e. The van der Waals surface area contributed by atoms with Crippen LogP contribution in [0.15, 0.2) is 48.6 Å². The summed E-state index contributed by atoms with van der Waals surface area (Å²) in [4.78, 5) is 38.3. The van der Waals surface area contributed by atoms with E-state index in [-0.39, 0.29) is 31.1 Å². The quantitative estimate of drug-likeness (QED) is 0.0261. The molecule has 450 valence electrons. The first-order valence-corrected chi connectivity index (χ1v) is 34.1. The van der Waals surface area contributed by atoms with Crippen molar-refractivity contribution in [1.29, 1.82) is 0 Å². The summed E-state index contributed by atoms with van der Waals surface area (Å²) >= 11 is 0. The molecule has 1 atom stereocenters. The SMILES string of the molecule is CC/C=C\C/C=C\C/C=C\CCCCCC(=O)OCC(COC(=O)CCCCCCCCCCCCCCCCCCCCC/C=C\CCCCCCCCCC)OC(=O)CCCCCCCCCCCCCCCCC. The minimum Gasteiger partial charge on any atom is -0.462 e. The predicted octanol–water partition coefficient (Wildman–Crippen LogP) is 23.3. The lowest BCUT2D eigenvalue weighted by molar-refractivity contribution is -0.167. The monoisotopic (exact) mass is 1080 g/mol. The number of allylic oxidation sites excluding steroid dienone is 8. The van der Waals surface area contributed by atoms with E-state index in [0.717, 1.165) is 83.5 Å². The molecule has 0 aromatic rings. The zero-order valence-electron chi connectivity index (χ0n) is 51.7. The summed E-state index contributed by atoms with van der Waals surface area (Å²) in [7, 11) is 0. The van der Waals surface area contributed by atoms with E-state index in [1.165, 1.54) is 244 Å². The molecule has 0 aromatic carbocycles. The third kappa shape index (κ3) is 64.1. The molecule has 77 heavy (non-hydrogen) atoms. The molecule has 6 nitrogen and oxygen atoms in total. The van der Waals surface area contributed by atoms with Crippen molar-refractivity contribution in [3.05, 3.63) is 48.6 Å². The van der Waals surface area contributed by atoms with Crippen molar-refractivity contribution < 1.29 is 28.6 Å². The van der Waals surface area contributed by atoms with E-state index < -0.39 is 6.10 Å². The van der Waals surface area contributed by atoms with Crippen LogP contribution < -0.4 is 0 Å². The van der Waals surface area contributed by atoms with E-state index in [4.69, 9.17) is 14.2 Å². The van der Waals surface area contributed by atoms with Crippen LogP contribution >= 0.6 is 0 Å². The number of esters is 3. The fraction of sp³-hybridized carbons (Fsp3) is 0.845. The van der Waals surface area contributed by atoms with E-state index >= 15 is 0 Å². The Labute approximate surface area is 479 Å². The van der Waals surface area contributed by atoms with Gasteiger partial charge in [0.25, 0.3) is 0 Å². The number of hydrogen-bond donors (Lipinski definition) is 0. The van der Waals surface area contributed by atoms with Gasteiger partial charge in [0.15, 0.2) is 6.10 Å². The summed E-state index contributed by atoms with van der Waals surface area (Å²) in [6.07, 6.45) is 83.0. The molecular weight excluding hydrogens is 949 g/mol. The molecule has 0 heterocycles. The first-order valence-electron chi connectivity index (χ1n) is 34.1. The van der Waals surface area contributed by atoms with Gasteiger partial charge >= 0.3 is 17.9 Å². The summed E-state index contributed by atoms with van der Waals surface area (Å²) in [5.74, 6) is -0.886. The molecule has 0 aliphatic carbocycles. The minimum atomic E-state index is -0.782. The highest BCUT2D eigenvalue weighted by Gasteiger charge is 2.19. The second kappa shape index (κ2) is 65.9. The molecule has 0 fully saturated rings. The van der Waals surface area contributed by atoms with Gasteiger partial charge < -0.3 is 14.2 Å². The Balaban J connectivity index is 4.13. The summed E-state index contributed by atoms with van der Waals surface area (Å²) in [6.45, 7) is 6.56. The molecule has 0 aliphatic rings. The van der Waals surface area contributed by atoms with Crippen LogP contribution in [0.3, 0.4) is 0 Å². The maximum Gasteiger partial charge on any atom is 0.306 e. The normalized spacial score (nSPS) is 12.3. The number of ether oxygens (including phenoxy) is 3. The first kappa shape index (κ1) is 74.4. The second-order valence-electron chi connectivity index (χ2n) is 23.1. The van der Waals surface area contributed by atoms with Gasteiger partial charge in [0.05, 0.1) is 0 Å². The van der Waals surface area contributed by atoms with Gasteiger partial charge in [-0.3, -0.25) is 14.4 Å². The van der Waals surface area contributed by atoms with E-state index in [0.29, 0.717) is 19.3 Å². The van der Waals surface area contributed by atoms with Crippen LogP contribution in [-0.2, 0) is 28.6 Å². The Hall–Kier alpha value is -2.63. The van der Waals surface area contributed by atoms with Gasteiger partial charge in [-0.05, 0) is 77.0 Å². The molecule has 0 amide bonds. The minimum absolute atomic E-state index is 0.0776. The summed E-state index contributed by atoms with van der Waals surface area (Å²) in [6, 6.07) is 0. The first-order chi connectivity index (χ1) is 38.0. The Kier molecular flexibility index (Phi) is 63.6. The fourth-order valence-corrected chi connectivity index (χ4v) is 10.2. The van der Waals surface area contributed by atoms with Crippen molar-refractivity contribution in [2.24, 2.45) is 0 Å². The highest BCUT2D eigenvalue weighted by Crippen LogP contribution is 2.18. The fourth-order valence-electron chi connectivity index (χ4n) is 10.2. The van der Waals surface area contributed by atoms with Crippen LogP contribution in [0.4, 0.5) is 0 Å². The van der Waals surface area contributed by atoms with Crippen molar-refractivity contribution in [1.82, 2.24) is 0 Å². The Morgan fingerprint density at radius 3 is 0.818 bits per heavy atom. The predicted molar refractivity (Wildman–Crippen MR) is 335 cm³/mol. The molecule has 0 spiro atoms. The molecule has 0 bridgehead atoms.